The Morgan fingerprint density at radius 3 is 3.06 bits per heavy atom. The lowest BCUT2D eigenvalue weighted by Crippen LogP contribution is -1.96. The van der Waals surface area contributed by atoms with Crippen LogP contribution >= 0.6 is 0 Å². The highest BCUT2D eigenvalue weighted by Gasteiger charge is 2.08. The highest BCUT2D eigenvalue weighted by Crippen LogP contribution is 2.19. The molecule has 92 valence electrons. The van der Waals surface area contributed by atoms with Gasteiger partial charge in [0.05, 0.1) is 11.9 Å². The van der Waals surface area contributed by atoms with Crippen molar-refractivity contribution < 1.29 is 0 Å². The van der Waals surface area contributed by atoms with Crippen LogP contribution in [-0.2, 0) is 6.54 Å². The molecule has 6 nitrogen and oxygen atoms in total. The molecule has 0 saturated carbocycles. The standard InChI is InChI=1S/C12H14N6/c1-2-6-17-8-9(7-14-17)10-4-3-5-11-15-12(13)16-18(10)11/h3-5,7-8H,2,6H2,1H3,(H2,13,16). The first-order valence-corrected chi connectivity index (χ1v) is 5.92. The topological polar surface area (TPSA) is 74.0 Å². The number of nitrogens with zero attached hydrogens (tertiary/aromatic N) is 5. The van der Waals surface area contributed by atoms with E-state index in [1.165, 1.54) is 0 Å². The normalized spacial score (nSPS) is 11.2. The first kappa shape index (κ1) is 10.8. The lowest BCUT2D eigenvalue weighted by molar-refractivity contribution is 0.603. The quantitative estimate of drug-likeness (QED) is 0.756. The molecular weight excluding hydrogens is 228 g/mol. The fraction of sp³-hybridized carbons (Fsp3) is 0.250. The summed E-state index contributed by atoms with van der Waals surface area (Å²) in [6.07, 6.45) is 4.90. The summed E-state index contributed by atoms with van der Waals surface area (Å²) in [7, 11) is 0. The van der Waals surface area contributed by atoms with E-state index in [-0.39, 0.29) is 5.95 Å². The average molecular weight is 242 g/mol. The maximum Gasteiger partial charge on any atom is 0.240 e. The SMILES string of the molecule is CCCn1cc(-c2cccc3nc(N)nn23)cn1. The van der Waals surface area contributed by atoms with Crippen LogP contribution in [0.25, 0.3) is 16.9 Å². The van der Waals surface area contributed by atoms with E-state index in [9.17, 15) is 0 Å². The van der Waals surface area contributed by atoms with Crippen LogP contribution in [0.4, 0.5) is 5.95 Å². The molecule has 0 atom stereocenters. The fourth-order valence-corrected chi connectivity index (χ4v) is 1.99. The van der Waals surface area contributed by atoms with Crippen molar-refractivity contribution in [3.63, 3.8) is 0 Å². The zero-order valence-corrected chi connectivity index (χ0v) is 10.1. The molecule has 0 aromatic carbocycles. The summed E-state index contributed by atoms with van der Waals surface area (Å²) >= 11 is 0. The van der Waals surface area contributed by atoms with Gasteiger partial charge in [-0.05, 0) is 18.6 Å². The van der Waals surface area contributed by atoms with Crippen LogP contribution in [0, 0.1) is 0 Å². The largest absolute Gasteiger partial charge is 0.366 e. The summed E-state index contributed by atoms with van der Waals surface area (Å²) in [4.78, 5) is 4.14. The maximum absolute atomic E-state index is 5.63. The predicted octanol–water partition coefficient (Wildman–Crippen LogP) is 1.58. The molecule has 2 N–H and O–H groups in total. The number of hydrogen-bond acceptors (Lipinski definition) is 4. The number of anilines is 1. The molecule has 3 rings (SSSR count). The number of rotatable bonds is 3. The minimum Gasteiger partial charge on any atom is -0.366 e. The van der Waals surface area contributed by atoms with Gasteiger partial charge in [0.15, 0.2) is 5.65 Å². The highest BCUT2D eigenvalue weighted by atomic mass is 15.3. The fourth-order valence-electron chi connectivity index (χ4n) is 1.99. The average Bonchev–Trinajstić information content (AvgIpc) is 2.94. The van der Waals surface area contributed by atoms with Gasteiger partial charge in [0.25, 0.3) is 0 Å². The van der Waals surface area contributed by atoms with E-state index < -0.39 is 0 Å². The van der Waals surface area contributed by atoms with Crippen molar-refractivity contribution in [1.29, 1.82) is 0 Å². The van der Waals surface area contributed by atoms with Gasteiger partial charge >= 0.3 is 0 Å². The van der Waals surface area contributed by atoms with Crippen molar-refractivity contribution in [1.82, 2.24) is 24.4 Å². The van der Waals surface area contributed by atoms with Crippen molar-refractivity contribution in [3.8, 4) is 11.3 Å². The summed E-state index contributed by atoms with van der Waals surface area (Å²) in [6.45, 7) is 3.04. The maximum atomic E-state index is 5.63. The number of hydrogen-bond donors (Lipinski definition) is 1. The molecule has 0 aliphatic heterocycles. The molecule has 3 aromatic heterocycles. The molecule has 0 aliphatic carbocycles. The Labute approximate surface area is 104 Å². The van der Waals surface area contributed by atoms with Crippen LogP contribution in [0.5, 0.6) is 0 Å². The number of nitrogen functional groups attached to an aromatic ring is 1. The van der Waals surface area contributed by atoms with Gasteiger partial charge in [-0.3, -0.25) is 4.68 Å². The molecule has 0 fully saturated rings. The Hall–Kier alpha value is -2.37. The Kier molecular flexibility index (Phi) is 2.47. The molecule has 0 radical (unpaired) electrons. The molecule has 0 bridgehead atoms. The van der Waals surface area contributed by atoms with Crippen LogP contribution in [0.3, 0.4) is 0 Å². The van der Waals surface area contributed by atoms with Gasteiger partial charge < -0.3 is 5.73 Å². The smallest absolute Gasteiger partial charge is 0.240 e. The van der Waals surface area contributed by atoms with Gasteiger partial charge in [-0.1, -0.05) is 13.0 Å². The summed E-state index contributed by atoms with van der Waals surface area (Å²) in [5.41, 5.74) is 8.33. The van der Waals surface area contributed by atoms with Crippen molar-refractivity contribution in [2.45, 2.75) is 19.9 Å². The van der Waals surface area contributed by atoms with Gasteiger partial charge in [0.2, 0.25) is 5.95 Å². The second-order valence-corrected chi connectivity index (χ2v) is 4.14. The van der Waals surface area contributed by atoms with Gasteiger partial charge in [-0.2, -0.15) is 10.1 Å². The van der Waals surface area contributed by atoms with E-state index in [0.29, 0.717) is 0 Å². The van der Waals surface area contributed by atoms with E-state index >= 15 is 0 Å². The third-order valence-corrected chi connectivity index (χ3v) is 2.76. The van der Waals surface area contributed by atoms with Gasteiger partial charge in [-0.25, -0.2) is 4.52 Å². The third kappa shape index (κ3) is 1.71. The Balaban J connectivity index is 2.12. The zero-order chi connectivity index (χ0) is 12.5. The first-order valence-electron chi connectivity index (χ1n) is 5.92. The molecule has 6 heteroatoms. The molecule has 0 saturated heterocycles. The third-order valence-electron chi connectivity index (χ3n) is 2.76. The van der Waals surface area contributed by atoms with E-state index in [1.54, 1.807) is 4.52 Å². The van der Waals surface area contributed by atoms with E-state index in [4.69, 9.17) is 5.73 Å². The monoisotopic (exact) mass is 242 g/mol. The van der Waals surface area contributed by atoms with Gasteiger partial charge in [-0.15, -0.1) is 5.10 Å². The van der Waals surface area contributed by atoms with Crippen molar-refractivity contribution in [2.75, 3.05) is 5.73 Å². The molecular formula is C12H14N6. The van der Waals surface area contributed by atoms with Gasteiger partial charge in [0.1, 0.15) is 0 Å². The number of aromatic nitrogens is 5. The zero-order valence-electron chi connectivity index (χ0n) is 10.1. The van der Waals surface area contributed by atoms with Crippen LogP contribution in [0.1, 0.15) is 13.3 Å². The molecule has 3 heterocycles. The molecule has 0 aliphatic rings. The minimum atomic E-state index is 0.281. The first-order chi connectivity index (χ1) is 8.78. The molecule has 0 unspecified atom stereocenters. The van der Waals surface area contributed by atoms with Crippen LogP contribution in [-0.4, -0.2) is 24.4 Å². The minimum absolute atomic E-state index is 0.281. The second-order valence-electron chi connectivity index (χ2n) is 4.14. The van der Waals surface area contributed by atoms with E-state index in [0.717, 1.165) is 29.9 Å². The summed E-state index contributed by atoms with van der Waals surface area (Å²) in [5, 5.41) is 8.51. The van der Waals surface area contributed by atoms with Gasteiger partial charge in [0, 0.05) is 18.3 Å². The molecule has 18 heavy (non-hydrogen) atoms. The second kappa shape index (κ2) is 4.14. The number of aryl methyl sites for hydroxylation is 1. The van der Waals surface area contributed by atoms with Crippen molar-refractivity contribution in [2.24, 2.45) is 0 Å². The summed E-state index contributed by atoms with van der Waals surface area (Å²) in [6, 6.07) is 5.80. The van der Waals surface area contributed by atoms with Crippen molar-refractivity contribution in [3.05, 3.63) is 30.6 Å². The lowest BCUT2D eigenvalue weighted by atomic mass is 10.2. The number of pyridine rings is 1. The van der Waals surface area contributed by atoms with E-state index in [2.05, 4.69) is 22.1 Å². The predicted molar refractivity (Wildman–Crippen MR) is 68.9 cm³/mol. The summed E-state index contributed by atoms with van der Waals surface area (Å²) < 4.78 is 3.66. The number of fused-ring (bicyclic) bond motifs is 1. The Morgan fingerprint density at radius 2 is 2.22 bits per heavy atom. The Morgan fingerprint density at radius 1 is 1.33 bits per heavy atom. The summed E-state index contributed by atoms with van der Waals surface area (Å²) in [5.74, 6) is 0.281. The van der Waals surface area contributed by atoms with Crippen molar-refractivity contribution >= 4 is 11.6 Å². The van der Waals surface area contributed by atoms with Crippen LogP contribution in [0.2, 0.25) is 0 Å². The number of nitrogens with two attached hydrogens (primary N) is 1. The molecule has 0 spiro atoms. The molecule has 0 amide bonds. The van der Waals surface area contributed by atoms with Crippen LogP contribution in [0.15, 0.2) is 30.6 Å². The van der Waals surface area contributed by atoms with E-state index in [1.807, 2.05) is 35.3 Å². The highest BCUT2D eigenvalue weighted by molar-refractivity contribution is 5.62. The lowest BCUT2D eigenvalue weighted by Gasteiger charge is -2.00. The van der Waals surface area contributed by atoms with Crippen LogP contribution < -0.4 is 5.73 Å². The Bertz CT molecular complexity index is 681. The molecule has 3 aromatic rings.